The van der Waals surface area contributed by atoms with Crippen LogP contribution in [0.15, 0.2) is 0 Å². The van der Waals surface area contributed by atoms with E-state index in [9.17, 15) is 4.79 Å². The molecule has 0 aliphatic heterocycles. The van der Waals surface area contributed by atoms with Gasteiger partial charge >= 0.3 is 0 Å². The van der Waals surface area contributed by atoms with E-state index in [1.165, 1.54) is 0 Å². The first-order chi connectivity index (χ1) is 6.64. The minimum atomic E-state index is -0.482. The van der Waals surface area contributed by atoms with Crippen molar-refractivity contribution < 1.29 is 9.53 Å². The third kappa shape index (κ3) is 2.25. The zero-order chi connectivity index (χ0) is 10.6. The fourth-order valence-corrected chi connectivity index (χ4v) is 2.17. The second-order valence-electron chi connectivity index (χ2n) is 3.91. The van der Waals surface area contributed by atoms with Crippen molar-refractivity contribution in [2.75, 3.05) is 13.7 Å². The van der Waals surface area contributed by atoms with Gasteiger partial charge in [0.1, 0.15) is 0 Å². The predicted octanol–water partition coefficient (Wildman–Crippen LogP) is 0.409. The Hall–Kier alpha value is -0.610. The maximum absolute atomic E-state index is 11.4. The number of carbonyl (C=O) groups excluding carboxylic acids is 1. The van der Waals surface area contributed by atoms with Crippen molar-refractivity contribution in [1.29, 1.82) is 0 Å². The van der Waals surface area contributed by atoms with E-state index in [1.54, 1.807) is 7.11 Å². The van der Waals surface area contributed by atoms with Gasteiger partial charge in [-0.25, -0.2) is 0 Å². The van der Waals surface area contributed by atoms with E-state index >= 15 is 0 Å². The topological polar surface area (TPSA) is 64.3 Å². The van der Waals surface area contributed by atoms with Crippen molar-refractivity contribution in [1.82, 2.24) is 5.32 Å². The lowest BCUT2D eigenvalue weighted by molar-refractivity contribution is -0.126. The molecule has 0 saturated heterocycles. The average Bonchev–Trinajstić information content (AvgIpc) is 2.19. The van der Waals surface area contributed by atoms with Crippen molar-refractivity contribution in [3.05, 3.63) is 0 Å². The van der Waals surface area contributed by atoms with Gasteiger partial charge in [-0.05, 0) is 32.2 Å². The SMILES string of the molecule is CCNC1(C(N)=O)CCC(OC)CC1. The van der Waals surface area contributed by atoms with Gasteiger partial charge in [-0.15, -0.1) is 0 Å². The summed E-state index contributed by atoms with van der Waals surface area (Å²) in [6, 6.07) is 0. The average molecular weight is 200 g/mol. The Labute approximate surface area is 85.2 Å². The fourth-order valence-electron chi connectivity index (χ4n) is 2.17. The van der Waals surface area contributed by atoms with E-state index in [-0.39, 0.29) is 5.91 Å². The van der Waals surface area contributed by atoms with Gasteiger partial charge in [-0.3, -0.25) is 4.79 Å². The Morgan fingerprint density at radius 3 is 2.50 bits per heavy atom. The van der Waals surface area contributed by atoms with Crippen molar-refractivity contribution in [2.24, 2.45) is 5.73 Å². The smallest absolute Gasteiger partial charge is 0.237 e. The molecule has 0 spiro atoms. The summed E-state index contributed by atoms with van der Waals surface area (Å²) in [7, 11) is 1.72. The summed E-state index contributed by atoms with van der Waals surface area (Å²) in [5.74, 6) is -0.228. The maximum Gasteiger partial charge on any atom is 0.237 e. The van der Waals surface area contributed by atoms with E-state index in [2.05, 4.69) is 5.32 Å². The summed E-state index contributed by atoms with van der Waals surface area (Å²) in [6.45, 7) is 2.77. The molecule has 0 radical (unpaired) electrons. The third-order valence-corrected chi connectivity index (χ3v) is 3.11. The number of rotatable bonds is 4. The number of nitrogens with one attached hydrogen (secondary N) is 1. The number of primary amides is 1. The summed E-state index contributed by atoms with van der Waals surface area (Å²) >= 11 is 0. The summed E-state index contributed by atoms with van der Waals surface area (Å²) in [6.07, 6.45) is 3.68. The van der Waals surface area contributed by atoms with E-state index in [1.807, 2.05) is 6.92 Å². The van der Waals surface area contributed by atoms with Gasteiger partial charge in [-0.2, -0.15) is 0 Å². The first-order valence-electron chi connectivity index (χ1n) is 5.22. The van der Waals surface area contributed by atoms with Gasteiger partial charge in [0.25, 0.3) is 0 Å². The molecular formula is C10H20N2O2. The Kier molecular flexibility index (Phi) is 3.89. The Morgan fingerprint density at radius 2 is 2.14 bits per heavy atom. The van der Waals surface area contributed by atoms with Crippen molar-refractivity contribution in [3.8, 4) is 0 Å². The quantitative estimate of drug-likeness (QED) is 0.691. The number of nitrogens with two attached hydrogens (primary N) is 1. The normalized spacial score (nSPS) is 32.9. The highest BCUT2D eigenvalue weighted by atomic mass is 16.5. The second kappa shape index (κ2) is 4.75. The Morgan fingerprint density at radius 1 is 1.57 bits per heavy atom. The number of amides is 1. The van der Waals surface area contributed by atoms with Crippen LogP contribution in [0.1, 0.15) is 32.6 Å². The zero-order valence-corrected chi connectivity index (χ0v) is 9.01. The molecule has 1 aliphatic rings. The predicted molar refractivity (Wildman–Crippen MR) is 54.9 cm³/mol. The second-order valence-corrected chi connectivity index (χ2v) is 3.91. The molecule has 0 atom stereocenters. The van der Waals surface area contributed by atoms with E-state index in [4.69, 9.17) is 10.5 Å². The molecule has 1 fully saturated rings. The molecule has 0 aromatic rings. The number of likely N-dealkylation sites (N-methyl/N-ethyl adjacent to an activating group) is 1. The van der Waals surface area contributed by atoms with E-state index < -0.39 is 5.54 Å². The van der Waals surface area contributed by atoms with E-state index in [0.29, 0.717) is 6.10 Å². The van der Waals surface area contributed by atoms with Gasteiger partial charge < -0.3 is 15.8 Å². The highest BCUT2D eigenvalue weighted by Gasteiger charge is 2.39. The highest BCUT2D eigenvalue weighted by molar-refractivity contribution is 5.84. The zero-order valence-electron chi connectivity index (χ0n) is 9.01. The van der Waals surface area contributed by atoms with Gasteiger partial charge in [-0.1, -0.05) is 6.92 Å². The van der Waals surface area contributed by atoms with Gasteiger partial charge in [0, 0.05) is 7.11 Å². The molecule has 0 unspecified atom stereocenters. The Bertz CT molecular complexity index is 198. The first-order valence-corrected chi connectivity index (χ1v) is 5.22. The molecule has 82 valence electrons. The fraction of sp³-hybridized carbons (Fsp3) is 0.900. The van der Waals surface area contributed by atoms with Crippen LogP contribution in [0.4, 0.5) is 0 Å². The van der Waals surface area contributed by atoms with E-state index in [0.717, 1.165) is 32.2 Å². The van der Waals surface area contributed by atoms with Crippen molar-refractivity contribution in [3.63, 3.8) is 0 Å². The summed E-state index contributed by atoms with van der Waals surface area (Å²) in [5.41, 5.74) is 4.95. The molecule has 14 heavy (non-hydrogen) atoms. The van der Waals surface area contributed by atoms with Crippen molar-refractivity contribution in [2.45, 2.75) is 44.2 Å². The molecule has 0 aromatic carbocycles. The standard InChI is InChI=1S/C10H20N2O2/c1-3-12-10(9(11)13)6-4-8(14-2)5-7-10/h8,12H,3-7H2,1-2H3,(H2,11,13). The molecule has 0 aromatic heterocycles. The molecule has 4 nitrogen and oxygen atoms in total. The molecule has 1 rings (SSSR count). The number of hydrogen-bond acceptors (Lipinski definition) is 3. The lowest BCUT2D eigenvalue weighted by Gasteiger charge is -2.37. The van der Waals surface area contributed by atoms with Crippen LogP contribution in [0.3, 0.4) is 0 Å². The highest BCUT2D eigenvalue weighted by Crippen LogP contribution is 2.29. The van der Waals surface area contributed by atoms with Crippen LogP contribution >= 0.6 is 0 Å². The lowest BCUT2D eigenvalue weighted by atomic mass is 9.79. The minimum absolute atomic E-state index is 0.228. The molecule has 0 bridgehead atoms. The molecule has 3 N–H and O–H groups in total. The molecular weight excluding hydrogens is 180 g/mol. The molecule has 1 saturated carbocycles. The van der Waals surface area contributed by atoms with Crippen LogP contribution in [0.2, 0.25) is 0 Å². The Balaban J connectivity index is 2.59. The van der Waals surface area contributed by atoms with Gasteiger partial charge in [0.2, 0.25) is 5.91 Å². The number of ether oxygens (including phenoxy) is 1. The number of carbonyl (C=O) groups is 1. The number of methoxy groups -OCH3 is 1. The molecule has 1 aliphatic carbocycles. The van der Waals surface area contributed by atoms with Crippen LogP contribution < -0.4 is 11.1 Å². The molecule has 4 heteroatoms. The van der Waals surface area contributed by atoms with Gasteiger partial charge in [0.05, 0.1) is 11.6 Å². The minimum Gasteiger partial charge on any atom is -0.381 e. The monoisotopic (exact) mass is 200 g/mol. The van der Waals surface area contributed by atoms with Crippen molar-refractivity contribution >= 4 is 5.91 Å². The molecule has 1 amide bonds. The maximum atomic E-state index is 11.4. The lowest BCUT2D eigenvalue weighted by Crippen LogP contribution is -2.57. The first kappa shape index (κ1) is 11.5. The van der Waals surface area contributed by atoms with Crippen LogP contribution in [-0.4, -0.2) is 31.2 Å². The van der Waals surface area contributed by atoms with Gasteiger partial charge in [0.15, 0.2) is 0 Å². The van der Waals surface area contributed by atoms with Crippen LogP contribution in [-0.2, 0) is 9.53 Å². The molecule has 0 heterocycles. The van der Waals surface area contributed by atoms with Crippen LogP contribution in [0, 0.1) is 0 Å². The van der Waals surface area contributed by atoms with Crippen LogP contribution in [0.5, 0.6) is 0 Å². The third-order valence-electron chi connectivity index (χ3n) is 3.11. The summed E-state index contributed by atoms with van der Waals surface area (Å²) < 4.78 is 5.26. The summed E-state index contributed by atoms with van der Waals surface area (Å²) in [5, 5.41) is 3.21. The number of hydrogen-bond donors (Lipinski definition) is 2. The van der Waals surface area contributed by atoms with Crippen LogP contribution in [0.25, 0.3) is 0 Å². The summed E-state index contributed by atoms with van der Waals surface area (Å²) in [4.78, 5) is 11.4. The largest absolute Gasteiger partial charge is 0.381 e.